The molecular weight excluding hydrogens is 811 g/mol. The maximum Gasteiger partial charge on any atom is 0.222 e. The van der Waals surface area contributed by atoms with E-state index in [1.165, 1.54) is 244 Å². The van der Waals surface area contributed by atoms with Gasteiger partial charge in [0.15, 0.2) is 0 Å². The lowest BCUT2D eigenvalue weighted by Crippen LogP contribution is -2.45. The van der Waals surface area contributed by atoms with Gasteiger partial charge in [0, 0.05) is 0 Å². The second kappa shape index (κ2) is 55.9. The van der Waals surface area contributed by atoms with Crippen LogP contribution in [0.2, 0.25) is 0 Å². The van der Waals surface area contributed by atoms with Gasteiger partial charge in [0.1, 0.15) is 0 Å². The van der Waals surface area contributed by atoms with Gasteiger partial charge >= 0.3 is 0 Å². The highest BCUT2D eigenvalue weighted by atomic mass is 16.3. The predicted octanol–water partition coefficient (Wildman–Crippen LogP) is 18.4. The molecule has 0 fully saturated rings. The van der Waals surface area contributed by atoms with Crippen LogP contribution in [0.3, 0.4) is 0 Å². The number of carbonyl (C=O) groups is 1. The number of amides is 1. The Morgan fingerprint density at radius 1 is 0.379 bits per heavy atom. The fourth-order valence-corrected chi connectivity index (χ4v) is 9.08. The van der Waals surface area contributed by atoms with Gasteiger partial charge in [-0.1, -0.05) is 281 Å². The first kappa shape index (κ1) is 64.3. The van der Waals surface area contributed by atoms with E-state index in [-0.39, 0.29) is 18.9 Å². The van der Waals surface area contributed by atoms with Crippen LogP contribution in [0.5, 0.6) is 0 Å². The Morgan fingerprint density at radius 2 is 0.652 bits per heavy atom. The minimum absolute atomic E-state index is 0.00320. The van der Waals surface area contributed by atoms with Gasteiger partial charge in [-0.05, 0) is 70.6 Å². The minimum atomic E-state index is -0.960. The summed E-state index contributed by atoms with van der Waals surface area (Å²) in [5, 5.41) is 33.4. The van der Waals surface area contributed by atoms with Crippen LogP contribution in [0.25, 0.3) is 0 Å². The van der Waals surface area contributed by atoms with E-state index in [0.29, 0.717) is 6.42 Å². The molecule has 0 aliphatic carbocycles. The van der Waals surface area contributed by atoms with Crippen molar-refractivity contribution >= 4 is 5.91 Å². The van der Waals surface area contributed by atoms with E-state index in [9.17, 15) is 20.1 Å². The van der Waals surface area contributed by atoms with Crippen molar-refractivity contribution in [1.82, 2.24) is 5.32 Å². The van der Waals surface area contributed by atoms with Crippen molar-refractivity contribution in [2.24, 2.45) is 0 Å². The van der Waals surface area contributed by atoms with Crippen molar-refractivity contribution < 1.29 is 20.1 Å². The zero-order valence-electron chi connectivity index (χ0n) is 44.3. The quantitative estimate of drug-likeness (QED) is 0.0361. The van der Waals surface area contributed by atoms with E-state index in [4.69, 9.17) is 0 Å². The Balaban J connectivity index is 3.52. The van der Waals surface area contributed by atoms with Gasteiger partial charge in [-0.25, -0.2) is 0 Å². The SMILES string of the molecule is CCCCCCCC/C=C/CC/C=C/CC/C=C/C(O)C(CO)NC(=O)CC(O)CCCCCCCCCCCCCCCCC/C=C\CCCCCCCCCCCCCCCCCC. The molecule has 3 atom stereocenters. The van der Waals surface area contributed by atoms with Gasteiger partial charge in [0.2, 0.25) is 5.91 Å². The molecule has 5 heteroatoms. The molecule has 0 spiro atoms. The second-order valence-corrected chi connectivity index (χ2v) is 20.2. The smallest absolute Gasteiger partial charge is 0.222 e. The van der Waals surface area contributed by atoms with Gasteiger partial charge in [-0.3, -0.25) is 4.79 Å². The first-order chi connectivity index (χ1) is 32.5. The molecule has 0 saturated heterocycles. The zero-order valence-corrected chi connectivity index (χ0v) is 44.3. The Bertz CT molecular complexity index is 1070. The van der Waals surface area contributed by atoms with Crippen molar-refractivity contribution in [2.75, 3.05) is 6.61 Å². The van der Waals surface area contributed by atoms with Crippen LogP contribution in [0.15, 0.2) is 48.6 Å². The summed E-state index contributed by atoms with van der Waals surface area (Å²) < 4.78 is 0. The number of nitrogens with one attached hydrogen (secondary N) is 1. The van der Waals surface area contributed by atoms with Crippen molar-refractivity contribution in [2.45, 2.75) is 327 Å². The molecule has 4 N–H and O–H groups in total. The molecule has 388 valence electrons. The van der Waals surface area contributed by atoms with Gasteiger partial charge in [0.05, 0.1) is 31.3 Å². The highest BCUT2D eigenvalue weighted by molar-refractivity contribution is 5.76. The lowest BCUT2D eigenvalue weighted by Gasteiger charge is -2.21. The van der Waals surface area contributed by atoms with Gasteiger partial charge < -0.3 is 20.6 Å². The number of aliphatic hydroxyl groups is 3. The van der Waals surface area contributed by atoms with Crippen LogP contribution in [-0.4, -0.2) is 46.1 Å². The zero-order chi connectivity index (χ0) is 47.9. The fourth-order valence-electron chi connectivity index (χ4n) is 9.08. The first-order valence-electron chi connectivity index (χ1n) is 29.4. The highest BCUT2D eigenvalue weighted by Crippen LogP contribution is 2.17. The van der Waals surface area contributed by atoms with Crippen LogP contribution in [0.4, 0.5) is 0 Å². The lowest BCUT2D eigenvalue weighted by molar-refractivity contribution is -0.124. The Kier molecular flexibility index (Phi) is 54.5. The molecule has 0 aromatic carbocycles. The third-order valence-corrected chi connectivity index (χ3v) is 13.6. The van der Waals surface area contributed by atoms with Crippen molar-refractivity contribution in [3.05, 3.63) is 48.6 Å². The molecule has 0 aliphatic heterocycles. The van der Waals surface area contributed by atoms with E-state index in [2.05, 4.69) is 55.6 Å². The predicted molar refractivity (Wildman–Crippen MR) is 291 cm³/mol. The molecule has 3 unspecified atom stereocenters. The van der Waals surface area contributed by atoms with Crippen molar-refractivity contribution in [1.29, 1.82) is 0 Å². The number of carbonyl (C=O) groups excluding carboxylic acids is 1. The first-order valence-corrected chi connectivity index (χ1v) is 29.4. The molecule has 5 nitrogen and oxygen atoms in total. The Morgan fingerprint density at radius 3 is 0.970 bits per heavy atom. The molecule has 66 heavy (non-hydrogen) atoms. The monoisotopic (exact) mass is 926 g/mol. The maximum atomic E-state index is 12.5. The van der Waals surface area contributed by atoms with Crippen LogP contribution in [0.1, 0.15) is 309 Å². The maximum absolute atomic E-state index is 12.5. The topological polar surface area (TPSA) is 89.8 Å². The Hall–Kier alpha value is -1.69. The summed E-state index contributed by atoms with van der Waals surface area (Å²) in [4.78, 5) is 12.5. The standard InChI is InChI=1S/C61H115NO4/c1-3-5-7-9-11-13-15-17-19-21-22-23-24-25-26-27-28-29-30-31-32-33-34-35-36-37-38-39-40-42-44-46-48-50-52-54-58(64)56-61(66)62-59(57-63)60(65)55-53-51-49-47-45-43-41-20-18-16-14-12-10-8-6-4-2/h18,20,29-30,45,47,53,55,58-60,63-65H,3-17,19,21-28,31-44,46,48-52,54,56-57H2,1-2H3,(H,62,66)/b20-18+,30-29-,47-45+,55-53+. The summed E-state index contributed by atoms with van der Waals surface area (Å²) in [5.74, 6) is -0.327. The number of allylic oxidation sites excluding steroid dienone is 7. The summed E-state index contributed by atoms with van der Waals surface area (Å²) >= 11 is 0. The van der Waals surface area contributed by atoms with Crippen LogP contribution in [-0.2, 0) is 4.79 Å². The lowest BCUT2D eigenvalue weighted by atomic mass is 10.0. The van der Waals surface area contributed by atoms with E-state index in [0.717, 1.165) is 38.5 Å². The minimum Gasteiger partial charge on any atom is -0.394 e. The second-order valence-electron chi connectivity index (χ2n) is 20.2. The van der Waals surface area contributed by atoms with Gasteiger partial charge in [-0.2, -0.15) is 0 Å². The van der Waals surface area contributed by atoms with Crippen LogP contribution in [0, 0.1) is 0 Å². The summed E-state index contributed by atoms with van der Waals surface area (Å²) in [5.41, 5.74) is 0. The van der Waals surface area contributed by atoms with Crippen molar-refractivity contribution in [3.63, 3.8) is 0 Å². The summed E-state index contributed by atoms with van der Waals surface area (Å²) in [6.45, 7) is 4.21. The average molecular weight is 927 g/mol. The molecule has 1 amide bonds. The van der Waals surface area contributed by atoms with Gasteiger partial charge in [0.25, 0.3) is 0 Å². The van der Waals surface area contributed by atoms with E-state index < -0.39 is 18.2 Å². The van der Waals surface area contributed by atoms with E-state index in [1.54, 1.807) is 6.08 Å². The van der Waals surface area contributed by atoms with Gasteiger partial charge in [-0.15, -0.1) is 0 Å². The van der Waals surface area contributed by atoms with E-state index >= 15 is 0 Å². The molecule has 0 heterocycles. The summed E-state index contributed by atoms with van der Waals surface area (Å²) in [6, 6.07) is -0.768. The van der Waals surface area contributed by atoms with Crippen LogP contribution >= 0.6 is 0 Å². The van der Waals surface area contributed by atoms with Crippen LogP contribution < -0.4 is 5.32 Å². The molecule has 0 radical (unpaired) electrons. The molecule has 0 aromatic rings. The molecule has 0 bridgehead atoms. The highest BCUT2D eigenvalue weighted by Gasteiger charge is 2.20. The summed E-state index contributed by atoms with van der Waals surface area (Å²) in [6.07, 6.45) is 74.7. The molecule has 0 rings (SSSR count). The third kappa shape index (κ3) is 51.7. The van der Waals surface area contributed by atoms with E-state index in [1.807, 2.05) is 6.08 Å². The molecule has 0 saturated carbocycles. The number of unbranched alkanes of at least 4 members (excludes halogenated alkanes) is 39. The molecule has 0 aliphatic rings. The normalized spacial score (nSPS) is 13.6. The number of aliphatic hydroxyl groups excluding tert-OH is 3. The molecular formula is C61H115NO4. The third-order valence-electron chi connectivity index (χ3n) is 13.6. The fraction of sp³-hybridized carbons (Fsp3) is 0.852. The number of rotatable bonds is 54. The van der Waals surface area contributed by atoms with Crippen molar-refractivity contribution in [3.8, 4) is 0 Å². The number of hydrogen-bond acceptors (Lipinski definition) is 4. The number of hydrogen-bond donors (Lipinski definition) is 4. The summed E-state index contributed by atoms with van der Waals surface area (Å²) in [7, 11) is 0. The molecule has 0 aromatic heterocycles. The average Bonchev–Trinajstić information content (AvgIpc) is 3.31. The largest absolute Gasteiger partial charge is 0.394 e. The Labute approximate surface area is 412 Å².